The van der Waals surface area contributed by atoms with Gasteiger partial charge in [0.1, 0.15) is 5.69 Å². The molecule has 2 aromatic heterocycles. The summed E-state index contributed by atoms with van der Waals surface area (Å²) in [6, 6.07) is 3.47. The number of rotatable bonds is 6. The molecule has 0 spiro atoms. The fourth-order valence-electron chi connectivity index (χ4n) is 3.44. The van der Waals surface area contributed by atoms with E-state index in [-0.39, 0.29) is 5.91 Å². The molecular weight excluding hydrogens is 372 g/mol. The van der Waals surface area contributed by atoms with E-state index >= 15 is 0 Å². The molecule has 0 saturated carbocycles. The van der Waals surface area contributed by atoms with E-state index in [0.717, 1.165) is 39.4 Å². The van der Waals surface area contributed by atoms with Gasteiger partial charge in [-0.05, 0) is 12.1 Å². The lowest BCUT2D eigenvalue weighted by atomic mass is 10.2. The average molecular weight is 398 g/mol. The molecule has 1 N–H and O–H groups in total. The Morgan fingerprint density at radius 3 is 2.52 bits per heavy atom. The zero-order chi connectivity index (χ0) is 19.9. The minimum absolute atomic E-state index is 0.0720. The zero-order valence-corrected chi connectivity index (χ0v) is 16.4. The summed E-state index contributed by atoms with van der Waals surface area (Å²) in [7, 11) is 0. The van der Waals surface area contributed by atoms with Crippen molar-refractivity contribution in [3.8, 4) is 0 Å². The molecule has 4 heterocycles. The molecule has 29 heavy (non-hydrogen) atoms. The summed E-state index contributed by atoms with van der Waals surface area (Å²) >= 11 is 0. The highest BCUT2D eigenvalue weighted by molar-refractivity contribution is 5.92. The number of anilines is 2. The molecule has 0 atom stereocenters. The van der Waals surface area contributed by atoms with Crippen LogP contribution in [0.1, 0.15) is 10.5 Å². The highest BCUT2D eigenvalue weighted by atomic mass is 16.5. The highest BCUT2D eigenvalue weighted by Crippen LogP contribution is 2.12. The first-order valence-electron chi connectivity index (χ1n) is 9.98. The summed E-state index contributed by atoms with van der Waals surface area (Å²) in [4.78, 5) is 36.3. The molecule has 1 amide bonds. The topological polar surface area (TPSA) is 99.6 Å². The maximum absolute atomic E-state index is 12.9. The molecule has 10 nitrogen and oxygen atoms in total. The van der Waals surface area contributed by atoms with Gasteiger partial charge < -0.3 is 19.9 Å². The van der Waals surface area contributed by atoms with Crippen LogP contribution in [0.4, 0.5) is 11.9 Å². The van der Waals surface area contributed by atoms with E-state index in [0.29, 0.717) is 43.8 Å². The van der Waals surface area contributed by atoms with E-state index in [1.165, 1.54) is 0 Å². The van der Waals surface area contributed by atoms with Crippen LogP contribution in [0.5, 0.6) is 0 Å². The number of carbonyl (C=O) groups is 1. The Hall–Kier alpha value is -2.85. The van der Waals surface area contributed by atoms with Crippen LogP contribution in [0.25, 0.3) is 0 Å². The lowest BCUT2D eigenvalue weighted by molar-refractivity contribution is 0.0398. The van der Waals surface area contributed by atoms with Crippen LogP contribution < -0.4 is 10.2 Å². The van der Waals surface area contributed by atoms with Gasteiger partial charge in [0.05, 0.1) is 13.2 Å². The first-order valence-corrected chi connectivity index (χ1v) is 9.98. The second-order valence-corrected chi connectivity index (χ2v) is 6.97. The molecule has 2 saturated heterocycles. The molecule has 2 aliphatic rings. The molecule has 2 fully saturated rings. The van der Waals surface area contributed by atoms with E-state index in [4.69, 9.17) is 4.74 Å². The third-order valence-electron chi connectivity index (χ3n) is 5.09. The SMILES string of the molecule is O=C(c1ccnc(NCCN2CCOCC2)n1)N1CCN(c2ncccn2)CC1. The van der Waals surface area contributed by atoms with Crippen molar-refractivity contribution in [2.75, 3.05) is 75.8 Å². The Labute approximate surface area is 169 Å². The monoisotopic (exact) mass is 398 g/mol. The molecule has 0 aromatic carbocycles. The van der Waals surface area contributed by atoms with Crippen LogP contribution in [0.15, 0.2) is 30.7 Å². The van der Waals surface area contributed by atoms with E-state index in [9.17, 15) is 4.79 Å². The van der Waals surface area contributed by atoms with E-state index in [2.05, 4.69) is 35.1 Å². The normalized spacial score (nSPS) is 17.9. The number of carbonyl (C=O) groups excluding carboxylic acids is 1. The molecule has 2 aliphatic heterocycles. The van der Waals surface area contributed by atoms with Crippen LogP contribution in [0.2, 0.25) is 0 Å². The summed E-state index contributed by atoms with van der Waals surface area (Å²) < 4.78 is 5.36. The van der Waals surface area contributed by atoms with Gasteiger partial charge in [0, 0.05) is 70.9 Å². The number of hydrogen-bond acceptors (Lipinski definition) is 9. The first kappa shape index (κ1) is 19.5. The molecular formula is C19H26N8O2. The lowest BCUT2D eigenvalue weighted by Gasteiger charge is -2.34. The summed E-state index contributed by atoms with van der Waals surface area (Å²) in [5, 5.41) is 3.22. The van der Waals surface area contributed by atoms with Crippen molar-refractivity contribution in [2.45, 2.75) is 0 Å². The van der Waals surface area contributed by atoms with E-state index < -0.39 is 0 Å². The fourth-order valence-corrected chi connectivity index (χ4v) is 3.44. The smallest absolute Gasteiger partial charge is 0.272 e. The third kappa shape index (κ3) is 5.15. The first-order chi connectivity index (χ1) is 14.3. The largest absolute Gasteiger partial charge is 0.379 e. The number of morpholine rings is 1. The number of hydrogen-bond donors (Lipinski definition) is 1. The minimum atomic E-state index is -0.0720. The van der Waals surface area contributed by atoms with Crippen LogP contribution in [-0.2, 0) is 4.74 Å². The summed E-state index contributed by atoms with van der Waals surface area (Å²) in [6.45, 7) is 7.71. The van der Waals surface area contributed by atoms with Crippen LogP contribution in [-0.4, -0.2) is 101 Å². The van der Waals surface area contributed by atoms with Gasteiger partial charge in [0.25, 0.3) is 5.91 Å². The Morgan fingerprint density at radius 2 is 1.76 bits per heavy atom. The van der Waals surface area contributed by atoms with Gasteiger partial charge in [-0.1, -0.05) is 0 Å². The second-order valence-electron chi connectivity index (χ2n) is 6.97. The van der Waals surface area contributed by atoms with Gasteiger partial charge in [0.15, 0.2) is 0 Å². The van der Waals surface area contributed by atoms with Gasteiger partial charge in [0.2, 0.25) is 11.9 Å². The molecule has 10 heteroatoms. The molecule has 4 rings (SSSR count). The Balaban J connectivity index is 1.28. The van der Waals surface area contributed by atoms with Gasteiger partial charge >= 0.3 is 0 Å². The zero-order valence-electron chi connectivity index (χ0n) is 16.4. The molecule has 0 bridgehead atoms. The fraction of sp³-hybridized carbons (Fsp3) is 0.526. The van der Waals surface area contributed by atoms with Crippen molar-refractivity contribution in [3.05, 3.63) is 36.4 Å². The quantitative estimate of drug-likeness (QED) is 0.719. The predicted molar refractivity (Wildman–Crippen MR) is 108 cm³/mol. The molecule has 0 radical (unpaired) electrons. The maximum atomic E-state index is 12.9. The standard InChI is InChI=1S/C19H26N8O2/c28-17(26-8-10-27(11-9-26)19-22-3-1-4-23-19)16-2-5-20-18(24-16)21-6-7-25-12-14-29-15-13-25/h1-5H,6-15H2,(H,20,21,24). The van der Waals surface area contributed by atoms with Crippen LogP contribution in [0.3, 0.4) is 0 Å². The van der Waals surface area contributed by atoms with Crippen molar-refractivity contribution >= 4 is 17.8 Å². The number of ether oxygens (including phenoxy) is 1. The van der Waals surface area contributed by atoms with Gasteiger partial charge in [-0.25, -0.2) is 19.9 Å². The van der Waals surface area contributed by atoms with Gasteiger partial charge in [-0.15, -0.1) is 0 Å². The molecule has 0 aliphatic carbocycles. The third-order valence-corrected chi connectivity index (χ3v) is 5.09. The predicted octanol–water partition coefficient (Wildman–Crippen LogP) is -0.0269. The number of nitrogens with zero attached hydrogens (tertiary/aromatic N) is 7. The van der Waals surface area contributed by atoms with Gasteiger partial charge in [-0.3, -0.25) is 9.69 Å². The molecule has 0 unspecified atom stereocenters. The number of aromatic nitrogens is 4. The van der Waals surface area contributed by atoms with Gasteiger partial charge in [-0.2, -0.15) is 0 Å². The van der Waals surface area contributed by atoms with Crippen molar-refractivity contribution in [2.24, 2.45) is 0 Å². The van der Waals surface area contributed by atoms with Crippen LogP contribution >= 0.6 is 0 Å². The minimum Gasteiger partial charge on any atom is -0.379 e. The number of amides is 1. The van der Waals surface area contributed by atoms with Crippen molar-refractivity contribution < 1.29 is 9.53 Å². The Morgan fingerprint density at radius 1 is 1.00 bits per heavy atom. The van der Waals surface area contributed by atoms with Crippen molar-refractivity contribution in [3.63, 3.8) is 0 Å². The Kier molecular flexibility index (Phi) is 6.42. The highest BCUT2D eigenvalue weighted by Gasteiger charge is 2.24. The van der Waals surface area contributed by atoms with Crippen LogP contribution in [0, 0.1) is 0 Å². The molecule has 154 valence electrons. The van der Waals surface area contributed by atoms with E-state index in [1.54, 1.807) is 30.7 Å². The maximum Gasteiger partial charge on any atom is 0.272 e. The summed E-state index contributed by atoms with van der Waals surface area (Å²) in [6.07, 6.45) is 5.09. The Bertz CT molecular complexity index is 792. The average Bonchev–Trinajstić information content (AvgIpc) is 2.80. The summed E-state index contributed by atoms with van der Waals surface area (Å²) in [5.74, 6) is 1.12. The number of piperazine rings is 1. The second kappa shape index (κ2) is 9.57. The van der Waals surface area contributed by atoms with E-state index in [1.807, 2.05) is 4.90 Å². The number of nitrogens with one attached hydrogen (secondary N) is 1. The van der Waals surface area contributed by atoms with Crippen molar-refractivity contribution in [1.82, 2.24) is 29.7 Å². The molecule has 2 aromatic rings. The summed E-state index contributed by atoms with van der Waals surface area (Å²) in [5.41, 5.74) is 0.415. The lowest BCUT2D eigenvalue weighted by Crippen LogP contribution is -2.49. The van der Waals surface area contributed by atoms with Crippen molar-refractivity contribution in [1.29, 1.82) is 0 Å².